The first-order valence-corrected chi connectivity index (χ1v) is 3.34. The van der Waals surface area contributed by atoms with E-state index in [0.29, 0.717) is 5.88 Å². The Balaban J connectivity index is 2.84. The maximum Gasteiger partial charge on any atom is 0.269 e. The maximum absolute atomic E-state index is 12.0. The summed E-state index contributed by atoms with van der Waals surface area (Å²) in [5.41, 5.74) is 0. The zero-order chi connectivity index (χ0) is 5.98. The molecule has 0 unspecified atom stereocenters. The molecule has 0 amide bonds. The highest BCUT2D eigenvalue weighted by Gasteiger charge is 1.95. The van der Waals surface area contributed by atoms with E-state index < -0.39 is 5.26 Å². The van der Waals surface area contributed by atoms with Gasteiger partial charge < -0.3 is 0 Å². The molecule has 0 aliphatic rings. The third-order valence-electron chi connectivity index (χ3n) is 0.657. The fourth-order valence-corrected chi connectivity index (χ4v) is 1.06. The van der Waals surface area contributed by atoms with Crippen LogP contribution in [0.25, 0.3) is 0 Å². The lowest BCUT2D eigenvalue weighted by Gasteiger charge is -1.74. The van der Waals surface area contributed by atoms with Crippen LogP contribution in [-0.4, -0.2) is 4.98 Å². The fourth-order valence-electron chi connectivity index (χ4n) is 0.345. The average molecular weight is 152 g/mol. The lowest BCUT2D eigenvalue weighted by molar-refractivity contribution is 0.617. The Morgan fingerprint density at radius 2 is 2.62 bits per heavy atom. The number of alkyl halides is 1. The lowest BCUT2D eigenvalue weighted by atomic mass is 10.6. The Kier molecular flexibility index (Phi) is 1.81. The quantitative estimate of drug-likeness (QED) is 0.560. The van der Waals surface area contributed by atoms with Gasteiger partial charge in [-0.25, -0.2) is 4.98 Å². The monoisotopic (exact) mass is 151 g/mol. The van der Waals surface area contributed by atoms with Gasteiger partial charge in [-0.3, -0.25) is 0 Å². The minimum absolute atomic E-state index is 0.349. The molecule has 0 bridgehead atoms. The molecule has 0 N–H and O–H groups in total. The lowest BCUT2D eigenvalue weighted by Crippen LogP contribution is -1.61. The summed E-state index contributed by atoms with van der Waals surface area (Å²) in [7, 11) is 0. The van der Waals surface area contributed by atoms with Gasteiger partial charge in [-0.2, -0.15) is 4.39 Å². The molecule has 1 aromatic rings. The van der Waals surface area contributed by atoms with E-state index in [-0.39, 0.29) is 0 Å². The summed E-state index contributed by atoms with van der Waals surface area (Å²) in [5, 5.41) is -0.416. The molecule has 0 fully saturated rings. The summed E-state index contributed by atoms with van der Waals surface area (Å²) >= 11 is 6.32. The van der Waals surface area contributed by atoms with Crippen LogP contribution in [0, 0.1) is 5.26 Å². The Morgan fingerprint density at radius 3 is 2.88 bits per heavy atom. The van der Waals surface area contributed by atoms with E-state index in [4.69, 9.17) is 11.6 Å². The Morgan fingerprint density at radius 1 is 1.88 bits per heavy atom. The van der Waals surface area contributed by atoms with E-state index in [2.05, 4.69) is 4.98 Å². The maximum atomic E-state index is 12.0. The van der Waals surface area contributed by atoms with Gasteiger partial charge in [0, 0.05) is 11.1 Å². The molecular formula is C4H3ClFNS. The van der Waals surface area contributed by atoms with Gasteiger partial charge in [0.25, 0.3) is 5.26 Å². The molecule has 0 aliphatic carbocycles. The van der Waals surface area contributed by atoms with Crippen molar-refractivity contribution in [2.24, 2.45) is 0 Å². The van der Waals surface area contributed by atoms with Crippen LogP contribution < -0.4 is 0 Å². The number of hydrogen-bond acceptors (Lipinski definition) is 2. The van der Waals surface area contributed by atoms with E-state index in [9.17, 15) is 4.39 Å². The van der Waals surface area contributed by atoms with Gasteiger partial charge in [-0.15, -0.1) is 11.6 Å². The minimum Gasteiger partial charge on any atom is -0.218 e. The molecule has 1 rings (SSSR count). The number of thiazole rings is 1. The van der Waals surface area contributed by atoms with Crippen LogP contribution in [0.2, 0.25) is 0 Å². The molecule has 44 valence electrons. The van der Waals surface area contributed by atoms with Crippen molar-refractivity contribution in [3.05, 3.63) is 16.3 Å². The number of nitrogens with zero attached hydrogens (tertiary/aromatic N) is 1. The fraction of sp³-hybridized carbons (Fsp3) is 0.250. The van der Waals surface area contributed by atoms with Crippen molar-refractivity contribution in [2.45, 2.75) is 5.88 Å². The van der Waals surface area contributed by atoms with Gasteiger partial charge in [0.1, 0.15) is 0 Å². The van der Waals surface area contributed by atoms with E-state index in [1.807, 2.05) is 0 Å². The van der Waals surface area contributed by atoms with Gasteiger partial charge >= 0.3 is 0 Å². The van der Waals surface area contributed by atoms with E-state index in [1.165, 1.54) is 6.20 Å². The average Bonchev–Trinajstić information content (AvgIpc) is 2.14. The van der Waals surface area contributed by atoms with Crippen LogP contribution >= 0.6 is 22.9 Å². The van der Waals surface area contributed by atoms with Crippen molar-refractivity contribution >= 4 is 22.9 Å². The summed E-state index contributed by atoms with van der Waals surface area (Å²) in [6.07, 6.45) is 1.44. The Labute approximate surface area is 55.1 Å². The zero-order valence-corrected chi connectivity index (χ0v) is 5.47. The standard InChI is InChI=1S/C4H3ClFNS/c5-1-3-2-7-4(6)8-3/h2H,1H2. The van der Waals surface area contributed by atoms with E-state index >= 15 is 0 Å². The van der Waals surface area contributed by atoms with Gasteiger partial charge in [-0.05, 0) is 0 Å². The number of hydrogen-bond donors (Lipinski definition) is 0. The van der Waals surface area contributed by atoms with Crippen molar-refractivity contribution in [1.29, 1.82) is 0 Å². The molecule has 1 aromatic heterocycles. The van der Waals surface area contributed by atoms with Crippen molar-refractivity contribution in [3.8, 4) is 0 Å². The molecule has 0 aromatic carbocycles. The first-order chi connectivity index (χ1) is 3.83. The van der Waals surface area contributed by atoms with Crippen molar-refractivity contribution in [3.63, 3.8) is 0 Å². The largest absolute Gasteiger partial charge is 0.269 e. The molecule has 0 spiro atoms. The molecule has 0 saturated carbocycles. The molecule has 1 heterocycles. The normalized spacial score (nSPS) is 9.75. The van der Waals surface area contributed by atoms with Gasteiger partial charge in [0.15, 0.2) is 0 Å². The van der Waals surface area contributed by atoms with Crippen LogP contribution in [0.15, 0.2) is 6.20 Å². The van der Waals surface area contributed by atoms with Crippen LogP contribution in [0.3, 0.4) is 0 Å². The molecule has 8 heavy (non-hydrogen) atoms. The molecular weight excluding hydrogens is 149 g/mol. The van der Waals surface area contributed by atoms with E-state index in [1.54, 1.807) is 0 Å². The second-order valence-electron chi connectivity index (χ2n) is 1.21. The first-order valence-electron chi connectivity index (χ1n) is 1.99. The molecule has 1 nitrogen and oxygen atoms in total. The van der Waals surface area contributed by atoms with Crippen molar-refractivity contribution in [1.82, 2.24) is 4.98 Å². The summed E-state index contributed by atoms with van der Waals surface area (Å²) in [6, 6.07) is 0. The van der Waals surface area contributed by atoms with Crippen LogP contribution in [0.1, 0.15) is 4.88 Å². The number of rotatable bonds is 1. The molecule has 0 atom stereocenters. The predicted molar refractivity (Wildman–Crippen MR) is 31.6 cm³/mol. The Hall–Kier alpha value is -0.150. The number of halogens is 2. The molecule has 0 saturated heterocycles. The van der Waals surface area contributed by atoms with Crippen LogP contribution in [-0.2, 0) is 5.88 Å². The second-order valence-corrected chi connectivity index (χ2v) is 2.55. The summed E-state index contributed by atoms with van der Waals surface area (Å²) < 4.78 is 12.0. The molecule has 0 radical (unpaired) electrons. The Bertz CT molecular complexity index is 176. The van der Waals surface area contributed by atoms with Crippen LogP contribution in [0.5, 0.6) is 0 Å². The topological polar surface area (TPSA) is 12.9 Å². The predicted octanol–water partition coefficient (Wildman–Crippen LogP) is 2.02. The third-order valence-corrected chi connectivity index (χ3v) is 1.89. The smallest absolute Gasteiger partial charge is 0.218 e. The van der Waals surface area contributed by atoms with Gasteiger partial charge in [0.05, 0.1) is 5.88 Å². The van der Waals surface area contributed by atoms with Crippen LogP contribution in [0.4, 0.5) is 4.39 Å². The highest BCUT2D eigenvalue weighted by molar-refractivity contribution is 7.10. The third kappa shape index (κ3) is 1.17. The van der Waals surface area contributed by atoms with E-state index in [0.717, 1.165) is 16.2 Å². The summed E-state index contributed by atoms with van der Waals surface area (Å²) in [6.45, 7) is 0. The molecule has 0 aliphatic heterocycles. The highest BCUT2D eigenvalue weighted by Crippen LogP contribution is 2.12. The van der Waals surface area contributed by atoms with Crippen molar-refractivity contribution < 1.29 is 4.39 Å². The van der Waals surface area contributed by atoms with Gasteiger partial charge in [0.2, 0.25) is 0 Å². The summed E-state index contributed by atoms with van der Waals surface area (Å²) in [4.78, 5) is 4.12. The summed E-state index contributed by atoms with van der Waals surface area (Å²) in [5.74, 6) is 0.349. The van der Waals surface area contributed by atoms with Crippen molar-refractivity contribution in [2.75, 3.05) is 0 Å². The number of aromatic nitrogens is 1. The SMILES string of the molecule is Fc1ncc(CCl)s1. The second kappa shape index (κ2) is 2.42. The first kappa shape index (κ1) is 5.98. The zero-order valence-electron chi connectivity index (χ0n) is 3.90. The van der Waals surface area contributed by atoms with Gasteiger partial charge in [-0.1, -0.05) is 11.3 Å². The minimum atomic E-state index is -0.416. The molecule has 4 heteroatoms. The highest BCUT2D eigenvalue weighted by atomic mass is 35.5.